The molecule has 3 unspecified atom stereocenters. The SMILES string of the molecule is CCCC1NC2(CC2)C(=O)N1CC1CCCC1C. The normalized spacial score (nSPS) is 37.8. The lowest BCUT2D eigenvalue weighted by atomic mass is 9.97. The van der Waals surface area contributed by atoms with Crippen molar-refractivity contribution in [1.29, 1.82) is 0 Å². The Hall–Kier alpha value is -0.570. The van der Waals surface area contributed by atoms with E-state index in [9.17, 15) is 4.79 Å². The second-order valence-electron chi connectivity index (χ2n) is 6.66. The monoisotopic (exact) mass is 250 g/mol. The summed E-state index contributed by atoms with van der Waals surface area (Å²) in [5, 5.41) is 3.61. The van der Waals surface area contributed by atoms with Crippen molar-refractivity contribution >= 4 is 5.91 Å². The molecule has 3 heteroatoms. The zero-order chi connectivity index (χ0) is 12.8. The summed E-state index contributed by atoms with van der Waals surface area (Å²) in [6.07, 6.45) is 8.71. The first kappa shape index (κ1) is 12.5. The second-order valence-corrected chi connectivity index (χ2v) is 6.66. The van der Waals surface area contributed by atoms with Crippen molar-refractivity contribution in [2.24, 2.45) is 11.8 Å². The fraction of sp³-hybridized carbons (Fsp3) is 0.933. The number of hydrogen-bond acceptors (Lipinski definition) is 2. The summed E-state index contributed by atoms with van der Waals surface area (Å²) in [6.45, 7) is 5.56. The summed E-state index contributed by atoms with van der Waals surface area (Å²) in [5.74, 6) is 1.94. The topological polar surface area (TPSA) is 32.3 Å². The summed E-state index contributed by atoms with van der Waals surface area (Å²) < 4.78 is 0. The average molecular weight is 250 g/mol. The van der Waals surface area contributed by atoms with E-state index in [1.165, 1.54) is 19.3 Å². The van der Waals surface area contributed by atoms with Crippen LogP contribution >= 0.6 is 0 Å². The number of amides is 1. The van der Waals surface area contributed by atoms with E-state index in [1.54, 1.807) is 0 Å². The second kappa shape index (κ2) is 4.52. The summed E-state index contributed by atoms with van der Waals surface area (Å²) >= 11 is 0. The molecule has 102 valence electrons. The van der Waals surface area contributed by atoms with Gasteiger partial charge in [0.2, 0.25) is 5.91 Å². The molecule has 18 heavy (non-hydrogen) atoms. The highest BCUT2D eigenvalue weighted by Crippen LogP contribution is 2.44. The van der Waals surface area contributed by atoms with E-state index < -0.39 is 0 Å². The van der Waals surface area contributed by atoms with Crippen LogP contribution in [0.1, 0.15) is 58.8 Å². The van der Waals surface area contributed by atoms with Crippen molar-refractivity contribution in [2.45, 2.75) is 70.5 Å². The van der Waals surface area contributed by atoms with Crippen LogP contribution in [-0.4, -0.2) is 29.1 Å². The van der Waals surface area contributed by atoms with Gasteiger partial charge in [0, 0.05) is 6.54 Å². The van der Waals surface area contributed by atoms with E-state index in [0.29, 0.717) is 12.1 Å². The van der Waals surface area contributed by atoms with E-state index in [1.807, 2.05) is 0 Å². The van der Waals surface area contributed by atoms with Crippen molar-refractivity contribution in [3.63, 3.8) is 0 Å². The van der Waals surface area contributed by atoms with E-state index in [4.69, 9.17) is 0 Å². The van der Waals surface area contributed by atoms with Crippen LogP contribution in [0, 0.1) is 11.8 Å². The lowest BCUT2D eigenvalue weighted by molar-refractivity contribution is -0.131. The number of rotatable bonds is 4. The smallest absolute Gasteiger partial charge is 0.244 e. The quantitative estimate of drug-likeness (QED) is 0.831. The van der Waals surface area contributed by atoms with Crippen LogP contribution in [0.4, 0.5) is 0 Å². The molecule has 1 amide bonds. The van der Waals surface area contributed by atoms with E-state index >= 15 is 0 Å². The molecule has 2 saturated carbocycles. The van der Waals surface area contributed by atoms with Gasteiger partial charge in [-0.05, 0) is 37.5 Å². The number of carbonyl (C=O) groups excluding carboxylic acids is 1. The first-order valence-electron chi connectivity index (χ1n) is 7.75. The van der Waals surface area contributed by atoms with E-state index in [0.717, 1.165) is 44.1 Å². The summed E-state index contributed by atoms with van der Waals surface area (Å²) in [7, 11) is 0. The number of hydrogen-bond donors (Lipinski definition) is 1. The molecule has 0 aromatic carbocycles. The first-order valence-corrected chi connectivity index (χ1v) is 7.75. The Labute approximate surface area is 110 Å². The predicted octanol–water partition coefficient (Wildman–Crippen LogP) is 2.51. The van der Waals surface area contributed by atoms with Gasteiger partial charge in [-0.25, -0.2) is 0 Å². The van der Waals surface area contributed by atoms with Gasteiger partial charge in [0.1, 0.15) is 0 Å². The summed E-state index contributed by atoms with van der Waals surface area (Å²) in [6, 6.07) is 0. The van der Waals surface area contributed by atoms with Crippen LogP contribution in [0.5, 0.6) is 0 Å². The average Bonchev–Trinajstić information content (AvgIpc) is 2.95. The predicted molar refractivity (Wildman–Crippen MR) is 72.0 cm³/mol. The van der Waals surface area contributed by atoms with Crippen LogP contribution in [0.25, 0.3) is 0 Å². The molecule has 3 aliphatic rings. The van der Waals surface area contributed by atoms with Gasteiger partial charge in [-0.2, -0.15) is 0 Å². The van der Waals surface area contributed by atoms with E-state index in [2.05, 4.69) is 24.1 Å². The maximum absolute atomic E-state index is 12.5. The molecule has 3 fully saturated rings. The van der Waals surface area contributed by atoms with Crippen LogP contribution in [0.2, 0.25) is 0 Å². The molecule has 1 saturated heterocycles. The van der Waals surface area contributed by atoms with Crippen molar-refractivity contribution in [2.75, 3.05) is 6.54 Å². The molecule has 1 aliphatic heterocycles. The third kappa shape index (κ3) is 1.97. The summed E-state index contributed by atoms with van der Waals surface area (Å²) in [4.78, 5) is 14.7. The van der Waals surface area contributed by atoms with Crippen LogP contribution in [0.15, 0.2) is 0 Å². The Bertz CT molecular complexity index is 337. The zero-order valence-corrected chi connectivity index (χ0v) is 11.7. The molecule has 2 aliphatic carbocycles. The lowest BCUT2D eigenvalue weighted by Crippen LogP contribution is -2.40. The van der Waals surface area contributed by atoms with Crippen molar-refractivity contribution in [3.05, 3.63) is 0 Å². The Morgan fingerprint density at radius 3 is 2.72 bits per heavy atom. The minimum absolute atomic E-state index is 0.123. The van der Waals surface area contributed by atoms with Gasteiger partial charge in [0.25, 0.3) is 0 Å². The molecule has 1 heterocycles. The highest BCUT2D eigenvalue weighted by molar-refractivity contribution is 5.91. The molecule has 0 aromatic rings. The van der Waals surface area contributed by atoms with Gasteiger partial charge in [0.15, 0.2) is 0 Å². The highest BCUT2D eigenvalue weighted by atomic mass is 16.2. The fourth-order valence-electron chi connectivity index (χ4n) is 3.82. The number of carbonyl (C=O) groups is 1. The van der Waals surface area contributed by atoms with Gasteiger partial charge >= 0.3 is 0 Å². The van der Waals surface area contributed by atoms with Gasteiger partial charge < -0.3 is 4.90 Å². The minimum Gasteiger partial charge on any atom is -0.325 e. The molecule has 0 aromatic heterocycles. The first-order chi connectivity index (χ1) is 8.66. The zero-order valence-electron chi connectivity index (χ0n) is 11.7. The third-order valence-corrected chi connectivity index (χ3v) is 5.27. The molecule has 3 nitrogen and oxygen atoms in total. The molecule has 1 N–H and O–H groups in total. The molecule has 0 radical (unpaired) electrons. The van der Waals surface area contributed by atoms with Crippen LogP contribution in [0.3, 0.4) is 0 Å². The summed E-state index contributed by atoms with van der Waals surface area (Å²) in [5.41, 5.74) is -0.123. The molecule has 0 bridgehead atoms. The minimum atomic E-state index is -0.123. The maximum Gasteiger partial charge on any atom is 0.244 e. The highest BCUT2D eigenvalue weighted by Gasteiger charge is 2.58. The van der Waals surface area contributed by atoms with Gasteiger partial charge in [-0.15, -0.1) is 0 Å². The largest absolute Gasteiger partial charge is 0.325 e. The molecule has 3 rings (SSSR count). The van der Waals surface area contributed by atoms with Crippen molar-refractivity contribution in [1.82, 2.24) is 10.2 Å². The fourth-order valence-corrected chi connectivity index (χ4v) is 3.82. The number of nitrogens with one attached hydrogen (secondary N) is 1. The van der Waals surface area contributed by atoms with Gasteiger partial charge in [0.05, 0.1) is 11.7 Å². The van der Waals surface area contributed by atoms with Crippen LogP contribution < -0.4 is 5.32 Å². The Morgan fingerprint density at radius 2 is 2.17 bits per heavy atom. The molecule has 3 atom stereocenters. The van der Waals surface area contributed by atoms with Gasteiger partial charge in [-0.3, -0.25) is 10.1 Å². The molecular formula is C15H26N2O. The number of nitrogens with zero attached hydrogens (tertiary/aromatic N) is 1. The Balaban J connectivity index is 1.69. The van der Waals surface area contributed by atoms with Crippen molar-refractivity contribution < 1.29 is 4.79 Å². The Morgan fingerprint density at radius 1 is 1.39 bits per heavy atom. The standard InChI is InChI=1S/C15H26N2O/c1-3-5-13-16-15(8-9-15)14(18)17(13)10-12-7-4-6-11(12)2/h11-13,16H,3-10H2,1-2H3. The molecule has 1 spiro atoms. The van der Waals surface area contributed by atoms with E-state index in [-0.39, 0.29) is 5.54 Å². The molecular weight excluding hydrogens is 224 g/mol. The maximum atomic E-state index is 12.5. The lowest BCUT2D eigenvalue weighted by Gasteiger charge is -2.28. The van der Waals surface area contributed by atoms with Crippen molar-refractivity contribution in [3.8, 4) is 0 Å². The van der Waals surface area contributed by atoms with Gasteiger partial charge in [-0.1, -0.05) is 33.1 Å². The van der Waals surface area contributed by atoms with Crippen LogP contribution in [-0.2, 0) is 4.79 Å². The third-order valence-electron chi connectivity index (χ3n) is 5.27. The Kier molecular flexibility index (Phi) is 3.13.